The fourth-order valence-electron chi connectivity index (χ4n) is 2.00. The zero-order valence-electron chi connectivity index (χ0n) is 9.42. The summed E-state index contributed by atoms with van der Waals surface area (Å²) in [6.07, 6.45) is -0.361. The summed E-state index contributed by atoms with van der Waals surface area (Å²) >= 11 is 0. The number of hydrogen-bond donors (Lipinski definition) is 3. The normalized spacial score (nSPS) is 24.2. The molecule has 5 heteroatoms. The van der Waals surface area contributed by atoms with Crippen LogP contribution in [0.2, 0.25) is 0 Å². The van der Waals surface area contributed by atoms with E-state index in [9.17, 15) is 13.9 Å². The van der Waals surface area contributed by atoms with Gasteiger partial charge in [0.2, 0.25) is 0 Å². The monoisotopic (exact) mass is 242 g/mol. The maximum absolute atomic E-state index is 13.3. The fourth-order valence-corrected chi connectivity index (χ4v) is 2.00. The summed E-state index contributed by atoms with van der Waals surface area (Å²) in [7, 11) is 0. The number of β-amino-alcohol motifs (C(OH)–C–C–N with tert-alkyl or cyclic N) is 1. The van der Waals surface area contributed by atoms with Crippen molar-refractivity contribution in [1.29, 1.82) is 0 Å². The standard InChI is InChI=1S/C12H16F2N2O/c13-10-1-2-11(14)8(3-10)4-15-5-9-6-16-7-12(9)17/h1-3,9,12,15-17H,4-7H2. The minimum atomic E-state index is -0.439. The Kier molecular flexibility index (Phi) is 4.04. The molecule has 0 amide bonds. The van der Waals surface area contributed by atoms with Crippen LogP contribution in [0, 0.1) is 17.6 Å². The van der Waals surface area contributed by atoms with Crippen molar-refractivity contribution in [3.8, 4) is 0 Å². The number of halogens is 2. The van der Waals surface area contributed by atoms with Crippen LogP contribution in [-0.2, 0) is 6.54 Å². The van der Waals surface area contributed by atoms with Gasteiger partial charge in [0.15, 0.2) is 0 Å². The summed E-state index contributed by atoms with van der Waals surface area (Å²) in [5.41, 5.74) is 0.311. The summed E-state index contributed by atoms with van der Waals surface area (Å²) in [4.78, 5) is 0. The third-order valence-corrected chi connectivity index (χ3v) is 3.03. The van der Waals surface area contributed by atoms with Crippen LogP contribution in [-0.4, -0.2) is 30.8 Å². The lowest BCUT2D eigenvalue weighted by Gasteiger charge is -2.14. The molecule has 1 fully saturated rings. The van der Waals surface area contributed by atoms with Crippen LogP contribution in [0.4, 0.5) is 8.78 Å². The average Bonchev–Trinajstić information content (AvgIpc) is 2.70. The minimum absolute atomic E-state index is 0.131. The van der Waals surface area contributed by atoms with Crippen molar-refractivity contribution in [3.63, 3.8) is 0 Å². The number of aliphatic hydroxyl groups excluding tert-OH is 1. The van der Waals surface area contributed by atoms with E-state index in [1.807, 2.05) is 0 Å². The Balaban J connectivity index is 1.83. The van der Waals surface area contributed by atoms with Gasteiger partial charge in [-0.2, -0.15) is 0 Å². The van der Waals surface area contributed by atoms with Crippen LogP contribution in [0.3, 0.4) is 0 Å². The van der Waals surface area contributed by atoms with Gasteiger partial charge in [0.25, 0.3) is 0 Å². The minimum Gasteiger partial charge on any atom is -0.391 e. The van der Waals surface area contributed by atoms with Gasteiger partial charge >= 0.3 is 0 Å². The molecule has 2 rings (SSSR count). The Morgan fingerprint density at radius 2 is 2.18 bits per heavy atom. The zero-order valence-corrected chi connectivity index (χ0v) is 9.42. The highest BCUT2D eigenvalue weighted by Crippen LogP contribution is 2.11. The highest BCUT2D eigenvalue weighted by molar-refractivity contribution is 5.18. The van der Waals surface area contributed by atoms with Gasteiger partial charge in [-0.1, -0.05) is 0 Å². The molecule has 94 valence electrons. The first-order valence-electron chi connectivity index (χ1n) is 5.70. The Bertz CT molecular complexity index is 387. The second kappa shape index (κ2) is 5.53. The molecular formula is C12H16F2N2O. The smallest absolute Gasteiger partial charge is 0.127 e. The van der Waals surface area contributed by atoms with Crippen molar-refractivity contribution < 1.29 is 13.9 Å². The molecule has 1 aromatic carbocycles. The van der Waals surface area contributed by atoms with Crippen LogP contribution in [0.5, 0.6) is 0 Å². The van der Waals surface area contributed by atoms with Gasteiger partial charge in [-0.25, -0.2) is 8.78 Å². The third kappa shape index (κ3) is 3.21. The van der Waals surface area contributed by atoms with E-state index in [-0.39, 0.29) is 18.6 Å². The number of aliphatic hydroxyl groups is 1. The van der Waals surface area contributed by atoms with Gasteiger partial charge in [-0.05, 0) is 18.2 Å². The molecule has 1 aliphatic heterocycles. The number of benzene rings is 1. The Hall–Kier alpha value is -1.04. The predicted molar refractivity (Wildman–Crippen MR) is 60.4 cm³/mol. The highest BCUT2D eigenvalue weighted by atomic mass is 19.1. The summed E-state index contributed by atoms with van der Waals surface area (Å²) < 4.78 is 26.2. The topological polar surface area (TPSA) is 44.3 Å². The summed E-state index contributed by atoms with van der Waals surface area (Å²) in [5, 5.41) is 15.7. The lowest BCUT2D eigenvalue weighted by molar-refractivity contribution is 0.146. The van der Waals surface area contributed by atoms with Crippen molar-refractivity contribution in [2.24, 2.45) is 5.92 Å². The molecule has 0 bridgehead atoms. The molecule has 3 N–H and O–H groups in total. The molecule has 17 heavy (non-hydrogen) atoms. The third-order valence-electron chi connectivity index (χ3n) is 3.03. The molecule has 1 aromatic rings. The van der Waals surface area contributed by atoms with Crippen LogP contribution in [0.25, 0.3) is 0 Å². The van der Waals surface area contributed by atoms with Crippen molar-refractivity contribution >= 4 is 0 Å². The van der Waals surface area contributed by atoms with E-state index in [4.69, 9.17) is 0 Å². The van der Waals surface area contributed by atoms with Gasteiger partial charge in [-0.15, -0.1) is 0 Å². The number of rotatable bonds is 4. The lowest BCUT2D eigenvalue weighted by atomic mass is 10.1. The first kappa shape index (κ1) is 12.4. The van der Waals surface area contributed by atoms with Gasteiger partial charge in [0.1, 0.15) is 11.6 Å². The van der Waals surface area contributed by atoms with E-state index in [2.05, 4.69) is 10.6 Å². The molecule has 2 unspecified atom stereocenters. The predicted octanol–water partition coefficient (Wildman–Crippen LogP) is 0.635. The SMILES string of the molecule is OC1CNCC1CNCc1cc(F)ccc1F. The van der Waals surface area contributed by atoms with Crippen LogP contribution in [0.1, 0.15) is 5.56 Å². The van der Waals surface area contributed by atoms with Gasteiger partial charge in [-0.3, -0.25) is 0 Å². The average molecular weight is 242 g/mol. The van der Waals surface area contributed by atoms with E-state index in [0.29, 0.717) is 18.7 Å². The first-order chi connectivity index (χ1) is 8.16. The van der Waals surface area contributed by atoms with E-state index < -0.39 is 11.6 Å². The van der Waals surface area contributed by atoms with E-state index >= 15 is 0 Å². The fraction of sp³-hybridized carbons (Fsp3) is 0.500. The first-order valence-corrected chi connectivity index (χ1v) is 5.70. The molecule has 0 aromatic heterocycles. The van der Waals surface area contributed by atoms with Crippen LogP contribution < -0.4 is 10.6 Å². The van der Waals surface area contributed by atoms with Crippen molar-refractivity contribution in [2.75, 3.05) is 19.6 Å². The van der Waals surface area contributed by atoms with E-state index in [1.165, 1.54) is 6.07 Å². The molecular weight excluding hydrogens is 226 g/mol. The lowest BCUT2D eigenvalue weighted by Crippen LogP contribution is -2.30. The molecule has 0 spiro atoms. The van der Waals surface area contributed by atoms with E-state index in [1.54, 1.807) is 0 Å². The number of hydrogen-bond acceptors (Lipinski definition) is 3. The maximum atomic E-state index is 13.3. The van der Waals surface area contributed by atoms with E-state index in [0.717, 1.165) is 18.7 Å². The van der Waals surface area contributed by atoms with Gasteiger partial charge < -0.3 is 15.7 Å². The molecule has 1 aliphatic rings. The Morgan fingerprint density at radius 3 is 2.88 bits per heavy atom. The van der Waals surface area contributed by atoms with Gasteiger partial charge in [0, 0.05) is 37.7 Å². The molecule has 1 heterocycles. The molecule has 1 saturated heterocycles. The van der Waals surface area contributed by atoms with Crippen LogP contribution in [0.15, 0.2) is 18.2 Å². The maximum Gasteiger partial charge on any atom is 0.127 e. The Morgan fingerprint density at radius 1 is 1.35 bits per heavy atom. The molecule has 0 saturated carbocycles. The highest BCUT2D eigenvalue weighted by Gasteiger charge is 2.24. The van der Waals surface area contributed by atoms with Gasteiger partial charge in [0.05, 0.1) is 6.10 Å². The molecule has 3 nitrogen and oxygen atoms in total. The van der Waals surface area contributed by atoms with Crippen molar-refractivity contribution in [3.05, 3.63) is 35.4 Å². The second-order valence-electron chi connectivity index (χ2n) is 4.35. The number of nitrogens with one attached hydrogen (secondary N) is 2. The molecule has 0 radical (unpaired) electrons. The quantitative estimate of drug-likeness (QED) is 0.726. The second-order valence-corrected chi connectivity index (χ2v) is 4.35. The summed E-state index contributed by atoms with van der Waals surface area (Å²) in [6, 6.07) is 3.41. The Labute approximate surface area is 98.8 Å². The van der Waals surface area contributed by atoms with Crippen molar-refractivity contribution in [1.82, 2.24) is 10.6 Å². The summed E-state index contributed by atoms with van der Waals surface area (Å²) in [6.45, 7) is 2.21. The summed E-state index contributed by atoms with van der Waals surface area (Å²) in [5.74, 6) is -0.721. The molecule has 0 aliphatic carbocycles. The van der Waals surface area contributed by atoms with Crippen LogP contribution >= 0.6 is 0 Å². The zero-order chi connectivity index (χ0) is 12.3. The molecule has 2 atom stereocenters. The largest absolute Gasteiger partial charge is 0.391 e. The van der Waals surface area contributed by atoms with Crippen molar-refractivity contribution in [2.45, 2.75) is 12.6 Å².